The Labute approximate surface area is 90.7 Å². The summed E-state index contributed by atoms with van der Waals surface area (Å²) in [5.74, 6) is 0.784. The van der Waals surface area contributed by atoms with E-state index in [2.05, 4.69) is 41.0 Å². The second-order valence-corrected chi connectivity index (χ2v) is 4.05. The van der Waals surface area contributed by atoms with E-state index in [-0.39, 0.29) is 0 Å². The lowest BCUT2D eigenvalue weighted by Gasteiger charge is -2.16. The fourth-order valence-electron chi connectivity index (χ4n) is 1.70. The van der Waals surface area contributed by atoms with E-state index in [0.717, 1.165) is 30.2 Å². The van der Waals surface area contributed by atoms with Gasteiger partial charge >= 0.3 is 0 Å². The smallest absolute Gasteiger partial charge is 0.245 e. The summed E-state index contributed by atoms with van der Waals surface area (Å²) in [5.41, 5.74) is 2.13. The molecule has 15 heavy (non-hydrogen) atoms. The Kier molecular flexibility index (Phi) is 2.84. The van der Waals surface area contributed by atoms with Crippen molar-refractivity contribution in [3.8, 4) is 0 Å². The van der Waals surface area contributed by atoms with Gasteiger partial charge in [0.05, 0.1) is 11.4 Å². The van der Waals surface area contributed by atoms with Crippen LogP contribution in [0.25, 0.3) is 0 Å². The van der Waals surface area contributed by atoms with Crippen LogP contribution in [0.2, 0.25) is 0 Å². The first-order valence-corrected chi connectivity index (χ1v) is 5.71. The summed E-state index contributed by atoms with van der Waals surface area (Å²) in [4.78, 5) is 6.72. The highest BCUT2D eigenvalue weighted by atomic mass is 15.3. The van der Waals surface area contributed by atoms with Gasteiger partial charge < -0.3 is 4.90 Å². The molecule has 4 nitrogen and oxygen atoms in total. The molecule has 1 heterocycles. The summed E-state index contributed by atoms with van der Waals surface area (Å²) in [5, 5.41) is 8.43. The molecule has 0 aromatic carbocycles. The predicted octanol–water partition coefficient (Wildman–Crippen LogP) is 1.59. The number of anilines is 1. The van der Waals surface area contributed by atoms with Crippen molar-refractivity contribution in [2.24, 2.45) is 0 Å². The van der Waals surface area contributed by atoms with Gasteiger partial charge in [0.1, 0.15) is 0 Å². The van der Waals surface area contributed by atoms with E-state index < -0.39 is 0 Å². The Bertz CT molecular complexity index is 346. The molecule has 0 atom stereocenters. The molecule has 0 unspecified atom stereocenters. The third-order valence-corrected chi connectivity index (χ3v) is 2.91. The second-order valence-electron chi connectivity index (χ2n) is 4.05. The Morgan fingerprint density at radius 1 is 1.13 bits per heavy atom. The number of aryl methyl sites for hydroxylation is 2. The van der Waals surface area contributed by atoms with E-state index in [1.165, 1.54) is 12.8 Å². The van der Waals surface area contributed by atoms with E-state index in [1.54, 1.807) is 0 Å². The first-order chi connectivity index (χ1) is 7.26. The Morgan fingerprint density at radius 2 is 1.80 bits per heavy atom. The lowest BCUT2D eigenvalue weighted by atomic mass is 10.2. The first kappa shape index (κ1) is 10.3. The van der Waals surface area contributed by atoms with E-state index in [0.29, 0.717) is 6.04 Å². The van der Waals surface area contributed by atoms with Crippen LogP contribution in [0.15, 0.2) is 0 Å². The predicted molar refractivity (Wildman–Crippen MR) is 60.0 cm³/mol. The average Bonchev–Trinajstić information content (AvgIpc) is 3.11. The topological polar surface area (TPSA) is 41.9 Å². The van der Waals surface area contributed by atoms with Gasteiger partial charge in [0.2, 0.25) is 5.95 Å². The zero-order valence-electron chi connectivity index (χ0n) is 9.69. The molecular weight excluding hydrogens is 188 g/mol. The quantitative estimate of drug-likeness (QED) is 0.750. The molecule has 0 N–H and O–H groups in total. The maximum atomic E-state index is 4.58. The van der Waals surface area contributed by atoms with Crippen LogP contribution >= 0.6 is 0 Å². The Hall–Kier alpha value is -1.19. The van der Waals surface area contributed by atoms with Gasteiger partial charge in [-0.2, -0.15) is 5.10 Å². The van der Waals surface area contributed by atoms with Crippen molar-refractivity contribution in [1.82, 2.24) is 15.2 Å². The molecule has 0 spiro atoms. The van der Waals surface area contributed by atoms with Gasteiger partial charge in [0, 0.05) is 13.1 Å². The van der Waals surface area contributed by atoms with Crippen LogP contribution in [0, 0.1) is 0 Å². The maximum absolute atomic E-state index is 4.58. The molecular formula is C11H18N4. The standard InChI is InChI=1S/C11H18N4/c1-4-9-10(5-2)13-14-11(12-9)15(3)8-6-7-8/h8H,4-7H2,1-3H3. The van der Waals surface area contributed by atoms with Crippen molar-refractivity contribution in [2.45, 2.75) is 45.6 Å². The van der Waals surface area contributed by atoms with Gasteiger partial charge in [-0.3, -0.25) is 0 Å². The van der Waals surface area contributed by atoms with Crippen molar-refractivity contribution >= 4 is 5.95 Å². The van der Waals surface area contributed by atoms with Crippen LogP contribution in [0.4, 0.5) is 5.95 Å². The molecule has 0 amide bonds. The van der Waals surface area contributed by atoms with Crippen molar-refractivity contribution in [2.75, 3.05) is 11.9 Å². The molecule has 0 saturated heterocycles. The molecule has 4 heteroatoms. The highest BCUT2D eigenvalue weighted by Crippen LogP contribution is 2.28. The van der Waals surface area contributed by atoms with E-state index >= 15 is 0 Å². The van der Waals surface area contributed by atoms with E-state index in [9.17, 15) is 0 Å². The number of aromatic nitrogens is 3. The van der Waals surface area contributed by atoms with Crippen LogP contribution in [-0.2, 0) is 12.8 Å². The number of hydrogen-bond donors (Lipinski definition) is 0. The molecule has 82 valence electrons. The molecule has 1 aromatic heterocycles. The van der Waals surface area contributed by atoms with Crippen LogP contribution in [-0.4, -0.2) is 28.3 Å². The van der Waals surface area contributed by atoms with Crippen molar-refractivity contribution in [1.29, 1.82) is 0 Å². The minimum atomic E-state index is 0.643. The minimum absolute atomic E-state index is 0.643. The molecule has 1 saturated carbocycles. The highest BCUT2D eigenvalue weighted by Gasteiger charge is 2.28. The van der Waals surface area contributed by atoms with E-state index in [4.69, 9.17) is 0 Å². The third kappa shape index (κ3) is 2.08. The summed E-state index contributed by atoms with van der Waals surface area (Å²) in [7, 11) is 2.06. The molecule has 1 aliphatic rings. The Morgan fingerprint density at radius 3 is 2.33 bits per heavy atom. The maximum Gasteiger partial charge on any atom is 0.245 e. The number of hydrogen-bond acceptors (Lipinski definition) is 4. The fourth-order valence-corrected chi connectivity index (χ4v) is 1.70. The molecule has 0 bridgehead atoms. The monoisotopic (exact) mass is 206 g/mol. The van der Waals surface area contributed by atoms with Crippen molar-refractivity contribution < 1.29 is 0 Å². The molecule has 0 radical (unpaired) electrons. The summed E-state index contributed by atoms with van der Waals surface area (Å²) in [6.45, 7) is 4.21. The van der Waals surface area contributed by atoms with Crippen LogP contribution in [0.1, 0.15) is 38.1 Å². The summed E-state index contributed by atoms with van der Waals surface area (Å²) >= 11 is 0. The average molecular weight is 206 g/mol. The minimum Gasteiger partial charge on any atom is -0.340 e. The fraction of sp³-hybridized carbons (Fsp3) is 0.727. The van der Waals surface area contributed by atoms with E-state index in [1.807, 2.05) is 0 Å². The number of nitrogens with zero attached hydrogens (tertiary/aromatic N) is 4. The molecule has 1 aromatic rings. The van der Waals surface area contributed by atoms with Gasteiger partial charge in [-0.05, 0) is 25.7 Å². The van der Waals surface area contributed by atoms with Crippen LogP contribution < -0.4 is 4.90 Å². The zero-order chi connectivity index (χ0) is 10.8. The SMILES string of the molecule is CCc1nnc(N(C)C2CC2)nc1CC. The summed E-state index contributed by atoms with van der Waals surface area (Å²) < 4.78 is 0. The van der Waals surface area contributed by atoms with Crippen molar-refractivity contribution in [3.63, 3.8) is 0 Å². The second kappa shape index (κ2) is 4.13. The number of rotatable bonds is 4. The van der Waals surface area contributed by atoms with Crippen molar-refractivity contribution in [3.05, 3.63) is 11.4 Å². The third-order valence-electron chi connectivity index (χ3n) is 2.91. The van der Waals surface area contributed by atoms with Gasteiger partial charge in [0.15, 0.2) is 0 Å². The zero-order valence-corrected chi connectivity index (χ0v) is 9.69. The molecule has 0 aliphatic heterocycles. The molecule has 2 rings (SSSR count). The normalized spacial score (nSPS) is 15.4. The molecule has 1 aliphatic carbocycles. The summed E-state index contributed by atoms with van der Waals surface area (Å²) in [6, 6.07) is 0.643. The largest absolute Gasteiger partial charge is 0.340 e. The Balaban J connectivity index is 2.25. The van der Waals surface area contributed by atoms with Gasteiger partial charge in [0.25, 0.3) is 0 Å². The lowest BCUT2D eigenvalue weighted by Crippen LogP contribution is -2.23. The van der Waals surface area contributed by atoms with Crippen LogP contribution in [0.3, 0.4) is 0 Å². The lowest BCUT2D eigenvalue weighted by molar-refractivity contribution is 0.770. The van der Waals surface area contributed by atoms with Gasteiger partial charge in [-0.25, -0.2) is 4.98 Å². The summed E-state index contributed by atoms with van der Waals surface area (Å²) in [6.07, 6.45) is 4.37. The van der Waals surface area contributed by atoms with Gasteiger partial charge in [-0.15, -0.1) is 5.10 Å². The van der Waals surface area contributed by atoms with Crippen LogP contribution in [0.5, 0.6) is 0 Å². The first-order valence-electron chi connectivity index (χ1n) is 5.71. The highest BCUT2D eigenvalue weighted by molar-refractivity contribution is 5.32. The molecule has 1 fully saturated rings. The van der Waals surface area contributed by atoms with Gasteiger partial charge in [-0.1, -0.05) is 13.8 Å².